The average molecular weight is 271 g/mol. The van der Waals surface area contributed by atoms with Crippen molar-refractivity contribution in [1.29, 1.82) is 0 Å². The summed E-state index contributed by atoms with van der Waals surface area (Å²) in [5, 5.41) is 1.63. The van der Waals surface area contributed by atoms with Gasteiger partial charge in [0.05, 0.1) is 10.9 Å². The molecule has 0 atom stereocenters. The fourth-order valence-corrected chi connectivity index (χ4v) is 1.95. The third-order valence-electron chi connectivity index (χ3n) is 2.80. The molecule has 3 aromatic rings. The second-order valence-electron chi connectivity index (χ2n) is 4.11. The lowest BCUT2D eigenvalue weighted by Gasteiger charge is -2.07. The van der Waals surface area contributed by atoms with Crippen molar-refractivity contribution in [3.05, 3.63) is 65.4 Å². The summed E-state index contributed by atoms with van der Waals surface area (Å²) in [6, 6.07) is 15.3. The minimum Gasteiger partial charge on any atom is -0.472 e. The molecule has 0 saturated heterocycles. The van der Waals surface area contributed by atoms with Crippen LogP contribution in [-0.2, 0) is 6.61 Å². The van der Waals surface area contributed by atoms with Crippen LogP contribution in [0, 0.1) is 0 Å². The standard InChI is InChI=1S/C15H11ClN2O/c16-12-7-5-11(6-8-12)9-19-15-13-3-1-2-4-14(13)17-10-18-15/h1-8,10H,9H2. The van der Waals surface area contributed by atoms with E-state index in [1.807, 2.05) is 48.5 Å². The lowest BCUT2D eigenvalue weighted by molar-refractivity contribution is 0.297. The summed E-state index contributed by atoms with van der Waals surface area (Å²) in [5.74, 6) is 0.598. The van der Waals surface area contributed by atoms with Crippen molar-refractivity contribution in [2.24, 2.45) is 0 Å². The van der Waals surface area contributed by atoms with E-state index in [0.29, 0.717) is 12.5 Å². The van der Waals surface area contributed by atoms with Gasteiger partial charge in [0.2, 0.25) is 5.88 Å². The van der Waals surface area contributed by atoms with E-state index in [1.165, 1.54) is 6.33 Å². The van der Waals surface area contributed by atoms with Gasteiger partial charge in [0, 0.05) is 5.02 Å². The van der Waals surface area contributed by atoms with E-state index in [0.717, 1.165) is 21.5 Å². The molecule has 1 aromatic heterocycles. The fourth-order valence-electron chi connectivity index (χ4n) is 1.83. The molecule has 0 aliphatic rings. The highest BCUT2D eigenvalue weighted by Gasteiger charge is 2.04. The first-order valence-electron chi connectivity index (χ1n) is 5.90. The predicted molar refractivity (Wildman–Crippen MR) is 75.3 cm³/mol. The van der Waals surface area contributed by atoms with Crippen LogP contribution in [0.15, 0.2) is 54.9 Å². The van der Waals surface area contributed by atoms with Crippen molar-refractivity contribution < 1.29 is 4.74 Å². The molecular weight excluding hydrogens is 260 g/mol. The second kappa shape index (κ2) is 5.24. The molecule has 0 spiro atoms. The number of aromatic nitrogens is 2. The third-order valence-corrected chi connectivity index (χ3v) is 3.05. The number of benzene rings is 2. The third kappa shape index (κ3) is 2.66. The van der Waals surface area contributed by atoms with Gasteiger partial charge < -0.3 is 4.74 Å². The van der Waals surface area contributed by atoms with Crippen LogP contribution in [0.25, 0.3) is 10.9 Å². The Morgan fingerprint density at radius 2 is 1.74 bits per heavy atom. The summed E-state index contributed by atoms with van der Waals surface area (Å²) in [6.45, 7) is 0.457. The van der Waals surface area contributed by atoms with Crippen LogP contribution < -0.4 is 4.74 Å². The van der Waals surface area contributed by atoms with Gasteiger partial charge in [-0.3, -0.25) is 0 Å². The van der Waals surface area contributed by atoms with Crippen molar-refractivity contribution in [3.63, 3.8) is 0 Å². The van der Waals surface area contributed by atoms with Gasteiger partial charge in [-0.1, -0.05) is 35.9 Å². The summed E-state index contributed by atoms with van der Waals surface area (Å²) in [4.78, 5) is 8.38. The smallest absolute Gasteiger partial charge is 0.224 e. The highest BCUT2D eigenvalue weighted by atomic mass is 35.5. The van der Waals surface area contributed by atoms with E-state index in [2.05, 4.69) is 9.97 Å². The van der Waals surface area contributed by atoms with Crippen LogP contribution >= 0.6 is 11.6 Å². The molecule has 0 N–H and O–H groups in total. The molecule has 0 saturated carbocycles. The number of fused-ring (bicyclic) bond motifs is 1. The maximum absolute atomic E-state index is 5.85. The second-order valence-corrected chi connectivity index (χ2v) is 4.55. The molecule has 0 bridgehead atoms. The minimum atomic E-state index is 0.457. The van der Waals surface area contributed by atoms with Gasteiger partial charge in [-0.05, 0) is 29.8 Å². The highest BCUT2D eigenvalue weighted by molar-refractivity contribution is 6.30. The van der Waals surface area contributed by atoms with Gasteiger partial charge in [0.1, 0.15) is 12.9 Å². The molecule has 4 heteroatoms. The zero-order valence-electron chi connectivity index (χ0n) is 10.1. The highest BCUT2D eigenvalue weighted by Crippen LogP contribution is 2.21. The quantitative estimate of drug-likeness (QED) is 0.725. The van der Waals surface area contributed by atoms with Crippen LogP contribution in [0.2, 0.25) is 5.02 Å². The van der Waals surface area contributed by atoms with Gasteiger partial charge >= 0.3 is 0 Å². The lowest BCUT2D eigenvalue weighted by Crippen LogP contribution is -1.98. The molecule has 3 nitrogen and oxygen atoms in total. The Morgan fingerprint density at radius 3 is 2.58 bits per heavy atom. The topological polar surface area (TPSA) is 35.0 Å². The monoisotopic (exact) mass is 270 g/mol. The first-order chi connectivity index (χ1) is 9.33. The summed E-state index contributed by atoms with van der Waals surface area (Å²) >= 11 is 5.85. The van der Waals surface area contributed by atoms with E-state index in [9.17, 15) is 0 Å². The molecule has 0 aliphatic carbocycles. The Labute approximate surface area is 115 Å². The van der Waals surface area contributed by atoms with E-state index in [4.69, 9.17) is 16.3 Å². The van der Waals surface area contributed by atoms with Crippen LogP contribution in [0.4, 0.5) is 0 Å². The maximum atomic E-state index is 5.85. The molecule has 2 aromatic carbocycles. The number of rotatable bonds is 3. The summed E-state index contributed by atoms with van der Waals surface area (Å²) in [7, 11) is 0. The number of hydrogen-bond donors (Lipinski definition) is 0. The first kappa shape index (κ1) is 11.9. The molecule has 1 heterocycles. The van der Waals surface area contributed by atoms with Gasteiger partial charge in [-0.25, -0.2) is 9.97 Å². The van der Waals surface area contributed by atoms with E-state index >= 15 is 0 Å². The minimum absolute atomic E-state index is 0.457. The molecular formula is C15H11ClN2O. The number of halogens is 1. The van der Waals surface area contributed by atoms with Gasteiger partial charge in [-0.15, -0.1) is 0 Å². The molecule has 3 rings (SSSR count). The summed E-state index contributed by atoms with van der Waals surface area (Å²) < 4.78 is 5.75. The molecule has 94 valence electrons. The van der Waals surface area contributed by atoms with Gasteiger partial charge in [0.25, 0.3) is 0 Å². The Morgan fingerprint density at radius 1 is 0.947 bits per heavy atom. The zero-order chi connectivity index (χ0) is 13.1. The normalized spacial score (nSPS) is 10.6. The van der Waals surface area contributed by atoms with Crippen molar-refractivity contribution in [1.82, 2.24) is 9.97 Å². The number of nitrogens with zero attached hydrogens (tertiary/aromatic N) is 2. The summed E-state index contributed by atoms with van der Waals surface area (Å²) in [6.07, 6.45) is 1.51. The van der Waals surface area contributed by atoms with E-state index < -0.39 is 0 Å². The van der Waals surface area contributed by atoms with Crippen molar-refractivity contribution in [2.45, 2.75) is 6.61 Å². The first-order valence-corrected chi connectivity index (χ1v) is 6.28. The molecule has 0 unspecified atom stereocenters. The van der Waals surface area contributed by atoms with Crippen LogP contribution in [-0.4, -0.2) is 9.97 Å². The molecule has 0 amide bonds. The number of ether oxygens (including phenoxy) is 1. The fraction of sp³-hybridized carbons (Fsp3) is 0.0667. The van der Waals surface area contributed by atoms with Crippen LogP contribution in [0.3, 0.4) is 0 Å². The van der Waals surface area contributed by atoms with Crippen LogP contribution in [0.5, 0.6) is 5.88 Å². The Bertz CT molecular complexity index is 693. The number of hydrogen-bond acceptors (Lipinski definition) is 3. The van der Waals surface area contributed by atoms with Crippen molar-refractivity contribution >= 4 is 22.5 Å². The van der Waals surface area contributed by atoms with Gasteiger partial charge in [-0.2, -0.15) is 0 Å². The molecule has 19 heavy (non-hydrogen) atoms. The lowest BCUT2D eigenvalue weighted by atomic mass is 10.2. The van der Waals surface area contributed by atoms with Crippen LogP contribution in [0.1, 0.15) is 5.56 Å². The SMILES string of the molecule is Clc1ccc(COc2ncnc3ccccc23)cc1. The maximum Gasteiger partial charge on any atom is 0.224 e. The Balaban J connectivity index is 1.84. The molecule has 0 aliphatic heterocycles. The average Bonchev–Trinajstić information content (AvgIpc) is 2.47. The Hall–Kier alpha value is -2.13. The van der Waals surface area contributed by atoms with E-state index in [-0.39, 0.29) is 0 Å². The van der Waals surface area contributed by atoms with E-state index in [1.54, 1.807) is 0 Å². The molecule has 0 fully saturated rings. The molecule has 0 radical (unpaired) electrons. The van der Waals surface area contributed by atoms with Crippen molar-refractivity contribution in [3.8, 4) is 5.88 Å². The van der Waals surface area contributed by atoms with Gasteiger partial charge in [0.15, 0.2) is 0 Å². The van der Waals surface area contributed by atoms with Crippen molar-refractivity contribution in [2.75, 3.05) is 0 Å². The predicted octanol–water partition coefficient (Wildman–Crippen LogP) is 3.86. The number of para-hydroxylation sites is 1. The summed E-state index contributed by atoms with van der Waals surface area (Å²) in [5.41, 5.74) is 1.93. The Kier molecular flexibility index (Phi) is 3.29. The zero-order valence-corrected chi connectivity index (χ0v) is 10.8. The largest absolute Gasteiger partial charge is 0.472 e.